The lowest BCUT2D eigenvalue weighted by atomic mass is 9.64. The molecule has 0 aromatic carbocycles. The Bertz CT molecular complexity index is 377. The zero-order valence-electron chi connectivity index (χ0n) is 11.5. The van der Waals surface area contributed by atoms with Gasteiger partial charge in [0.15, 0.2) is 0 Å². The maximum Gasteiger partial charge on any atom is 0.129 e. The molecule has 5 nitrogen and oxygen atoms in total. The zero-order chi connectivity index (χ0) is 13.9. The summed E-state index contributed by atoms with van der Waals surface area (Å²) in [5.41, 5.74) is -0.116. The van der Waals surface area contributed by atoms with E-state index in [-0.39, 0.29) is 24.2 Å². The van der Waals surface area contributed by atoms with E-state index in [1.807, 2.05) is 19.9 Å². The standard InChI is InChI=1S/C14H23NO4/c1-14(2)12(6-13(14)17)15-7-10(16)8-18-9-11-4-3-5-19-11/h3-5,10,12-13,15-17H,6-9H2,1-2H3. The lowest BCUT2D eigenvalue weighted by Gasteiger charge is -2.49. The summed E-state index contributed by atoms with van der Waals surface area (Å²) in [6.45, 7) is 5.16. The zero-order valence-corrected chi connectivity index (χ0v) is 11.5. The molecule has 1 aliphatic rings. The number of rotatable bonds is 7. The number of nitrogens with one attached hydrogen (secondary N) is 1. The van der Waals surface area contributed by atoms with Crippen LogP contribution in [0.4, 0.5) is 0 Å². The Balaban J connectivity index is 1.59. The van der Waals surface area contributed by atoms with Gasteiger partial charge in [0.1, 0.15) is 12.4 Å². The van der Waals surface area contributed by atoms with Crippen LogP contribution in [0.2, 0.25) is 0 Å². The van der Waals surface area contributed by atoms with E-state index in [1.165, 1.54) is 0 Å². The molecule has 1 saturated carbocycles. The Kier molecular flexibility index (Phi) is 4.62. The van der Waals surface area contributed by atoms with Gasteiger partial charge in [0.05, 0.1) is 25.1 Å². The summed E-state index contributed by atoms with van der Waals surface area (Å²) in [5.74, 6) is 0.753. The van der Waals surface area contributed by atoms with E-state index in [9.17, 15) is 10.2 Å². The lowest BCUT2D eigenvalue weighted by molar-refractivity contribution is -0.0770. The molecule has 0 radical (unpaired) electrons. The molecule has 19 heavy (non-hydrogen) atoms. The van der Waals surface area contributed by atoms with E-state index >= 15 is 0 Å². The Labute approximate surface area is 113 Å². The summed E-state index contributed by atoms with van der Waals surface area (Å²) in [7, 11) is 0. The molecule has 3 unspecified atom stereocenters. The predicted molar refractivity (Wildman–Crippen MR) is 70.6 cm³/mol. The smallest absolute Gasteiger partial charge is 0.129 e. The third-order valence-electron chi connectivity index (χ3n) is 3.95. The Morgan fingerprint density at radius 3 is 2.95 bits per heavy atom. The second-order valence-corrected chi connectivity index (χ2v) is 5.78. The van der Waals surface area contributed by atoms with Crippen molar-refractivity contribution in [1.29, 1.82) is 0 Å². The number of aliphatic hydroxyl groups excluding tert-OH is 2. The van der Waals surface area contributed by atoms with E-state index in [1.54, 1.807) is 12.3 Å². The summed E-state index contributed by atoms with van der Waals surface area (Å²) in [5, 5.41) is 22.7. The molecule has 0 bridgehead atoms. The highest BCUT2D eigenvalue weighted by Gasteiger charge is 2.46. The molecule has 108 valence electrons. The van der Waals surface area contributed by atoms with Crippen LogP contribution in [0, 0.1) is 5.41 Å². The molecule has 0 spiro atoms. The first-order chi connectivity index (χ1) is 9.00. The maximum absolute atomic E-state index is 9.80. The van der Waals surface area contributed by atoms with Crippen molar-refractivity contribution in [2.24, 2.45) is 5.41 Å². The minimum Gasteiger partial charge on any atom is -0.467 e. The molecule has 1 heterocycles. The summed E-state index contributed by atoms with van der Waals surface area (Å²) in [4.78, 5) is 0. The van der Waals surface area contributed by atoms with Crippen LogP contribution in [0.3, 0.4) is 0 Å². The third kappa shape index (κ3) is 3.57. The number of furan rings is 1. The van der Waals surface area contributed by atoms with E-state index in [0.717, 1.165) is 12.2 Å². The van der Waals surface area contributed by atoms with E-state index < -0.39 is 6.10 Å². The van der Waals surface area contributed by atoms with Crippen molar-refractivity contribution in [3.05, 3.63) is 24.2 Å². The van der Waals surface area contributed by atoms with Crippen molar-refractivity contribution < 1.29 is 19.4 Å². The Morgan fingerprint density at radius 1 is 1.58 bits per heavy atom. The van der Waals surface area contributed by atoms with Crippen molar-refractivity contribution in [2.75, 3.05) is 13.2 Å². The average Bonchev–Trinajstić information content (AvgIpc) is 2.87. The third-order valence-corrected chi connectivity index (χ3v) is 3.95. The molecule has 1 aromatic heterocycles. The number of aliphatic hydroxyl groups is 2. The van der Waals surface area contributed by atoms with Crippen LogP contribution in [0.5, 0.6) is 0 Å². The highest BCUT2D eigenvalue weighted by molar-refractivity contribution is 5.01. The minimum atomic E-state index is -0.552. The molecule has 0 aliphatic heterocycles. The molecular formula is C14H23NO4. The van der Waals surface area contributed by atoms with Gasteiger partial charge in [-0.15, -0.1) is 0 Å². The number of ether oxygens (including phenoxy) is 1. The fourth-order valence-corrected chi connectivity index (χ4v) is 2.28. The van der Waals surface area contributed by atoms with Gasteiger partial charge in [-0.25, -0.2) is 0 Å². The van der Waals surface area contributed by atoms with Crippen LogP contribution in [0.15, 0.2) is 22.8 Å². The van der Waals surface area contributed by atoms with Crippen LogP contribution in [-0.2, 0) is 11.3 Å². The first kappa shape index (κ1) is 14.5. The van der Waals surface area contributed by atoms with Crippen LogP contribution in [0.1, 0.15) is 26.0 Å². The van der Waals surface area contributed by atoms with Crippen LogP contribution in [0.25, 0.3) is 0 Å². The van der Waals surface area contributed by atoms with Crippen molar-refractivity contribution in [3.63, 3.8) is 0 Å². The Hall–Kier alpha value is -0.880. The minimum absolute atomic E-state index is 0.116. The highest BCUT2D eigenvalue weighted by atomic mass is 16.5. The van der Waals surface area contributed by atoms with Gasteiger partial charge in [0.25, 0.3) is 0 Å². The van der Waals surface area contributed by atoms with Gasteiger partial charge in [-0.2, -0.15) is 0 Å². The second-order valence-electron chi connectivity index (χ2n) is 5.78. The molecule has 1 fully saturated rings. The molecule has 0 saturated heterocycles. The van der Waals surface area contributed by atoms with Gasteiger partial charge in [-0.05, 0) is 18.6 Å². The normalized spacial score (nSPS) is 26.9. The van der Waals surface area contributed by atoms with Gasteiger partial charge in [0.2, 0.25) is 0 Å². The summed E-state index contributed by atoms with van der Waals surface area (Å²) < 4.78 is 10.5. The quantitative estimate of drug-likeness (QED) is 0.686. The van der Waals surface area contributed by atoms with Gasteiger partial charge in [0, 0.05) is 18.0 Å². The van der Waals surface area contributed by atoms with Crippen molar-refractivity contribution in [2.45, 2.75) is 45.1 Å². The predicted octanol–water partition coefficient (Wildman–Crippen LogP) is 0.906. The van der Waals surface area contributed by atoms with Crippen molar-refractivity contribution in [3.8, 4) is 0 Å². The van der Waals surface area contributed by atoms with Gasteiger partial charge >= 0.3 is 0 Å². The molecule has 0 amide bonds. The van der Waals surface area contributed by atoms with Gasteiger partial charge in [-0.3, -0.25) is 0 Å². The molecule has 1 aromatic rings. The van der Waals surface area contributed by atoms with Crippen LogP contribution >= 0.6 is 0 Å². The van der Waals surface area contributed by atoms with Gasteiger partial charge in [-0.1, -0.05) is 13.8 Å². The van der Waals surface area contributed by atoms with E-state index in [0.29, 0.717) is 13.2 Å². The molecule has 1 aliphatic carbocycles. The second kappa shape index (κ2) is 6.05. The molecule has 2 rings (SSSR count). The first-order valence-electron chi connectivity index (χ1n) is 6.70. The summed E-state index contributed by atoms with van der Waals surface area (Å²) >= 11 is 0. The van der Waals surface area contributed by atoms with Crippen LogP contribution < -0.4 is 5.32 Å². The monoisotopic (exact) mass is 269 g/mol. The molecule has 3 atom stereocenters. The topological polar surface area (TPSA) is 74.9 Å². The average molecular weight is 269 g/mol. The highest BCUT2D eigenvalue weighted by Crippen LogP contribution is 2.40. The van der Waals surface area contributed by atoms with Crippen LogP contribution in [-0.4, -0.2) is 41.6 Å². The summed E-state index contributed by atoms with van der Waals surface area (Å²) in [6.07, 6.45) is 1.54. The number of hydrogen-bond acceptors (Lipinski definition) is 5. The molecule has 3 N–H and O–H groups in total. The fourth-order valence-electron chi connectivity index (χ4n) is 2.28. The van der Waals surface area contributed by atoms with E-state index in [4.69, 9.17) is 9.15 Å². The maximum atomic E-state index is 9.80. The lowest BCUT2D eigenvalue weighted by Crippen LogP contribution is -2.61. The largest absolute Gasteiger partial charge is 0.467 e. The van der Waals surface area contributed by atoms with Crippen molar-refractivity contribution in [1.82, 2.24) is 5.32 Å². The SMILES string of the molecule is CC1(C)C(O)CC1NCC(O)COCc1ccco1. The van der Waals surface area contributed by atoms with Gasteiger partial charge < -0.3 is 24.7 Å². The first-order valence-corrected chi connectivity index (χ1v) is 6.70. The van der Waals surface area contributed by atoms with E-state index in [2.05, 4.69) is 5.32 Å². The molecular weight excluding hydrogens is 246 g/mol. The molecule has 5 heteroatoms. The number of hydrogen-bond donors (Lipinski definition) is 3. The Morgan fingerprint density at radius 2 is 2.37 bits per heavy atom. The fraction of sp³-hybridized carbons (Fsp3) is 0.714. The van der Waals surface area contributed by atoms with Crippen molar-refractivity contribution >= 4 is 0 Å². The summed E-state index contributed by atoms with van der Waals surface area (Å²) in [6, 6.07) is 3.89.